The minimum absolute atomic E-state index is 0.249. The Kier molecular flexibility index (Phi) is 4.85. The molecule has 0 aliphatic rings. The highest BCUT2D eigenvalue weighted by Crippen LogP contribution is 2.20. The lowest BCUT2D eigenvalue weighted by Crippen LogP contribution is -2.12. The molecule has 0 unspecified atom stereocenters. The summed E-state index contributed by atoms with van der Waals surface area (Å²) in [4.78, 5) is 15.0. The van der Waals surface area contributed by atoms with Crippen LogP contribution in [0.5, 0.6) is 0 Å². The highest BCUT2D eigenvalue weighted by molar-refractivity contribution is 6.33. The van der Waals surface area contributed by atoms with Gasteiger partial charge >= 0.3 is 5.97 Å². The maximum Gasteiger partial charge on any atom is 0.307 e. The quantitative estimate of drug-likeness (QED) is 0.770. The molecule has 1 aromatic heterocycles. The van der Waals surface area contributed by atoms with Crippen molar-refractivity contribution in [2.24, 2.45) is 0 Å². The number of nitrogen functional groups attached to an aromatic ring is 1. The maximum absolute atomic E-state index is 11.0. The number of nitrogens with one attached hydrogen (secondary N) is 1. The highest BCUT2D eigenvalue weighted by Gasteiger charge is 2.04. The van der Waals surface area contributed by atoms with Crippen LogP contribution in [0.15, 0.2) is 12.3 Å². The zero-order valence-corrected chi connectivity index (χ0v) is 9.75. The van der Waals surface area contributed by atoms with Gasteiger partial charge in [0.25, 0.3) is 0 Å². The second kappa shape index (κ2) is 6.17. The number of rotatable bonds is 5. The monoisotopic (exact) mass is 243 g/mol. The van der Waals surface area contributed by atoms with Crippen molar-refractivity contribution in [1.82, 2.24) is 4.98 Å². The summed E-state index contributed by atoms with van der Waals surface area (Å²) in [5, 5.41) is 3.36. The molecule has 16 heavy (non-hydrogen) atoms. The molecule has 0 atom stereocenters. The molecule has 6 heteroatoms. The van der Waals surface area contributed by atoms with Crippen LogP contribution in [-0.2, 0) is 9.53 Å². The Morgan fingerprint density at radius 1 is 1.69 bits per heavy atom. The minimum Gasteiger partial charge on any atom is -0.466 e. The van der Waals surface area contributed by atoms with Crippen LogP contribution in [0.4, 0.5) is 11.5 Å². The van der Waals surface area contributed by atoms with Gasteiger partial charge in [-0.05, 0) is 13.0 Å². The van der Waals surface area contributed by atoms with Crippen LogP contribution in [0.3, 0.4) is 0 Å². The number of hydrogen-bond acceptors (Lipinski definition) is 5. The largest absolute Gasteiger partial charge is 0.466 e. The number of carbonyl (C=O) groups excluding carboxylic acids is 1. The van der Waals surface area contributed by atoms with Gasteiger partial charge in [0.05, 0.1) is 29.9 Å². The lowest BCUT2D eigenvalue weighted by atomic mass is 10.4. The van der Waals surface area contributed by atoms with Gasteiger partial charge in [-0.2, -0.15) is 0 Å². The molecule has 0 amide bonds. The Hall–Kier alpha value is -1.49. The van der Waals surface area contributed by atoms with Gasteiger partial charge in [-0.3, -0.25) is 4.79 Å². The molecule has 0 saturated heterocycles. The Bertz CT molecular complexity index is 371. The molecule has 0 bridgehead atoms. The number of esters is 1. The molecule has 1 heterocycles. The number of pyridine rings is 1. The Morgan fingerprint density at radius 3 is 3.06 bits per heavy atom. The van der Waals surface area contributed by atoms with E-state index >= 15 is 0 Å². The second-order valence-corrected chi connectivity index (χ2v) is 3.49. The molecule has 0 aliphatic heterocycles. The van der Waals surface area contributed by atoms with Crippen molar-refractivity contribution in [3.05, 3.63) is 17.3 Å². The number of hydrogen-bond donors (Lipinski definition) is 2. The SMILES string of the molecule is CCOC(=O)CCNc1ncc(N)cc1Cl. The lowest BCUT2D eigenvalue weighted by molar-refractivity contribution is -0.142. The fourth-order valence-corrected chi connectivity index (χ4v) is 1.34. The molecule has 0 fully saturated rings. The van der Waals surface area contributed by atoms with Crippen molar-refractivity contribution < 1.29 is 9.53 Å². The van der Waals surface area contributed by atoms with Crippen molar-refractivity contribution in [1.29, 1.82) is 0 Å². The summed E-state index contributed by atoms with van der Waals surface area (Å²) < 4.78 is 4.78. The molecule has 0 spiro atoms. The summed E-state index contributed by atoms with van der Waals surface area (Å²) in [5.74, 6) is 0.265. The van der Waals surface area contributed by atoms with Gasteiger partial charge in [0.1, 0.15) is 5.82 Å². The third kappa shape index (κ3) is 3.94. The number of ether oxygens (including phenoxy) is 1. The first kappa shape index (κ1) is 12.6. The van der Waals surface area contributed by atoms with E-state index < -0.39 is 0 Å². The average Bonchev–Trinajstić information content (AvgIpc) is 2.22. The standard InChI is InChI=1S/C10H14ClN3O2/c1-2-16-9(15)3-4-13-10-8(11)5-7(12)6-14-10/h5-6H,2-4,12H2,1H3,(H,13,14). The van der Waals surface area contributed by atoms with Gasteiger partial charge in [-0.15, -0.1) is 0 Å². The van der Waals surface area contributed by atoms with E-state index in [9.17, 15) is 4.79 Å². The van der Waals surface area contributed by atoms with E-state index in [2.05, 4.69) is 10.3 Å². The molecular formula is C10H14ClN3O2. The minimum atomic E-state index is -0.249. The number of nitrogens with two attached hydrogens (primary N) is 1. The first-order valence-corrected chi connectivity index (χ1v) is 5.31. The van der Waals surface area contributed by atoms with Gasteiger partial charge < -0.3 is 15.8 Å². The van der Waals surface area contributed by atoms with Crippen LogP contribution >= 0.6 is 11.6 Å². The summed E-state index contributed by atoms with van der Waals surface area (Å²) in [7, 11) is 0. The molecule has 5 nitrogen and oxygen atoms in total. The highest BCUT2D eigenvalue weighted by atomic mass is 35.5. The van der Waals surface area contributed by atoms with Crippen molar-refractivity contribution in [3.8, 4) is 0 Å². The Balaban J connectivity index is 2.40. The zero-order valence-electron chi connectivity index (χ0n) is 9.00. The van der Waals surface area contributed by atoms with Gasteiger partial charge in [0, 0.05) is 6.54 Å². The molecule has 88 valence electrons. The van der Waals surface area contributed by atoms with Gasteiger partial charge in [-0.1, -0.05) is 11.6 Å². The fourth-order valence-electron chi connectivity index (χ4n) is 1.10. The van der Waals surface area contributed by atoms with E-state index in [1.54, 1.807) is 13.0 Å². The van der Waals surface area contributed by atoms with E-state index in [0.29, 0.717) is 29.7 Å². The van der Waals surface area contributed by atoms with Crippen LogP contribution in [-0.4, -0.2) is 24.1 Å². The Labute approximate surface area is 98.9 Å². The molecule has 0 saturated carbocycles. The van der Waals surface area contributed by atoms with Crippen molar-refractivity contribution in [2.45, 2.75) is 13.3 Å². The molecular weight excluding hydrogens is 230 g/mol. The summed E-state index contributed by atoms with van der Waals surface area (Å²) in [6, 6.07) is 1.60. The number of nitrogens with zero attached hydrogens (tertiary/aromatic N) is 1. The second-order valence-electron chi connectivity index (χ2n) is 3.08. The predicted octanol–water partition coefficient (Wildman–Crippen LogP) is 1.68. The van der Waals surface area contributed by atoms with Crippen LogP contribution in [0.1, 0.15) is 13.3 Å². The van der Waals surface area contributed by atoms with Gasteiger partial charge in [-0.25, -0.2) is 4.98 Å². The lowest BCUT2D eigenvalue weighted by Gasteiger charge is -2.07. The van der Waals surface area contributed by atoms with Crippen LogP contribution in [0.25, 0.3) is 0 Å². The van der Waals surface area contributed by atoms with Gasteiger partial charge in [0.2, 0.25) is 0 Å². The normalized spacial score (nSPS) is 9.88. The summed E-state index contributed by atoms with van der Waals surface area (Å²) in [6.45, 7) is 2.58. The zero-order chi connectivity index (χ0) is 12.0. The third-order valence-electron chi connectivity index (χ3n) is 1.79. The number of aromatic nitrogens is 1. The van der Waals surface area contributed by atoms with Crippen molar-refractivity contribution in [2.75, 3.05) is 24.2 Å². The van der Waals surface area contributed by atoms with E-state index in [1.165, 1.54) is 6.20 Å². The molecule has 0 aromatic carbocycles. The Morgan fingerprint density at radius 2 is 2.44 bits per heavy atom. The smallest absolute Gasteiger partial charge is 0.307 e. The van der Waals surface area contributed by atoms with Gasteiger partial charge in [0.15, 0.2) is 0 Å². The predicted molar refractivity (Wildman–Crippen MR) is 63.4 cm³/mol. The van der Waals surface area contributed by atoms with E-state index in [1.807, 2.05) is 0 Å². The number of anilines is 2. The summed E-state index contributed by atoms with van der Waals surface area (Å²) >= 11 is 5.88. The van der Waals surface area contributed by atoms with E-state index in [-0.39, 0.29) is 12.4 Å². The third-order valence-corrected chi connectivity index (χ3v) is 2.08. The summed E-state index contributed by atoms with van der Waals surface area (Å²) in [5.41, 5.74) is 6.00. The number of halogens is 1. The van der Waals surface area contributed by atoms with Crippen molar-refractivity contribution in [3.63, 3.8) is 0 Å². The van der Waals surface area contributed by atoms with Crippen molar-refractivity contribution >= 4 is 29.1 Å². The molecule has 3 N–H and O–H groups in total. The first-order valence-electron chi connectivity index (χ1n) is 4.94. The molecule has 1 aromatic rings. The first-order chi connectivity index (χ1) is 7.63. The van der Waals surface area contributed by atoms with E-state index in [0.717, 1.165) is 0 Å². The van der Waals surface area contributed by atoms with Crippen LogP contribution in [0.2, 0.25) is 5.02 Å². The van der Waals surface area contributed by atoms with Crippen LogP contribution < -0.4 is 11.1 Å². The van der Waals surface area contributed by atoms with E-state index in [4.69, 9.17) is 22.1 Å². The molecule has 1 rings (SSSR count). The maximum atomic E-state index is 11.0. The number of carbonyl (C=O) groups is 1. The average molecular weight is 244 g/mol. The topological polar surface area (TPSA) is 77.2 Å². The van der Waals surface area contributed by atoms with Crippen LogP contribution in [0, 0.1) is 0 Å². The fraction of sp³-hybridized carbons (Fsp3) is 0.400. The summed E-state index contributed by atoms with van der Waals surface area (Å²) in [6.07, 6.45) is 1.77. The molecule has 0 radical (unpaired) electrons. The molecule has 0 aliphatic carbocycles.